The lowest BCUT2D eigenvalue weighted by Crippen LogP contribution is -1.89. The first-order valence-corrected chi connectivity index (χ1v) is 9.42. The number of nitrogens with one attached hydrogen (secondary N) is 2. The van der Waals surface area contributed by atoms with Gasteiger partial charge in [-0.15, -0.1) is 0 Å². The van der Waals surface area contributed by atoms with Crippen molar-refractivity contribution in [2.45, 2.75) is 40.5 Å². The SMILES string of the molecule is C/C=C\CC/C(C)=C\C.CCN.CNC.O=Cc1cc2cc(Cl)ncc2[nH]1. The first kappa shape index (κ1) is 27.3. The lowest BCUT2D eigenvalue weighted by atomic mass is 10.1. The van der Waals surface area contributed by atoms with Crippen molar-refractivity contribution in [3.63, 3.8) is 0 Å². The lowest BCUT2D eigenvalue weighted by molar-refractivity contribution is 0.112. The second-order valence-corrected chi connectivity index (χ2v) is 5.98. The maximum atomic E-state index is 10.4. The lowest BCUT2D eigenvalue weighted by Gasteiger charge is -1.93. The van der Waals surface area contributed by atoms with E-state index in [1.807, 2.05) is 21.0 Å². The Kier molecular flexibility index (Phi) is 19.0. The van der Waals surface area contributed by atoms with Crippen molar-refractivity contribution in [1.82, 2.24) is 15.3 Å². The molecule has 152 valence electrons. The highest BCUT2D eigenvalue weighted by molar-refractivity contribution is 6.30. The molecule has 0 bridgehead atoms. The van der Waals surface area contributed by atoms with Crippen LogP contribution in [0.4, 0.5) is 0 Å². The van der Waals surface area contributed by atoms with Gasteiger partial charge in [-0.05, 0) is 66.4 Å². The number of nitrogens with two attached hydrogens (primary N) is 1. The quantitative estimate of drug-likeness (QED) is 0.381. The van der Waals surface area contributed by atoms with Crippen molar-refractivity contribution in [1.29, 1.82) is 0 Å². The van der Waals surface area contributed by atoms with Crippen molar-refractivity contribution < 1.29 is 4.79 Å². The van der Waals surface area contributed by atoms with Crippen molar-refractivity contribution in [2.75, 3.05) is 20.6 Å². The van der Waals surface area contributed by atoms with Gasteiger partial charge >= 0.3 is 0 Å². The van der Waals surface area contributed by atoms with Crippen molar-refractivity contribution in [3.05, 3.63) is 53.0 Å². The Morgan fingerprint density at radius 3 is 2.41 bits per heavy atom. The van der Waals surface area contributed by atoms with Gasteiger partial charge in [-0.2, -0.15) is 0 Å². The average Bonchev–Trinajstić information content (AvgIpc) is 3.06. The minimum absolute atomic E-state index is 0.430. The number of hydrogen-bond acceptors (Lipinski definition) is 4. The highest BCUT2D eigenvalue weighted by atomic mass is 35.5. The summed E-state index contributed by atoms with van der Waals surface area (Å²) in [6.45, 7) is 8.97. The zero-order valence-electron chi connectivity index (χ0n) is 17.5. The summed E-state index contributed by atoms with van der Waals surface area (Å²) in [5.41, 5.74) is 7.68. The van der Waals surface area contributed by atoms with Crippen LogP contribution in [-0.4, -0.2) is 36.9 Å². The van der Waals surface area contributed by atoms with E-state index in [9.17, 15) is 4.79 Å². The van der Waals surface area contributed by atoms with Crippen molar-refractivity contribution in [3.8, 4) is 0 Å². The third-order valence-corrected chi connectivity index (χ3v) is 3.26. The average molecular weight is 395 g/mol. The predicted octanol–water partition coefficient (Wildman–Crippen LogP) is 5.14. The van der Waals surface area contributed by atoms with Gasteiger partial charge in [-0.25, -0.2) is 4.98 Å². The molecule has 2 rings (SSSR count). The van der Waals surface area contributed by atoms with E-state index in [2.05, 4.69) is 54.3 Å². The summed E-state index contributed by atoms with van der Waals surface area (Å²) < 4.78 is 0. The molecule has 6 heteroatoms. The Labute approximate surface area is 169 Å². The van der Waals surface area contributed by atoms with E-state index in [4.69, 9.17) is 17.3 Å². The highest BCUT2D eigenvalue weighted by Crippen LogP contribution is 2.16. The van der Waals surface area contributed by atoms with Crippen LogP contribution in [-0.2, 0) is 0 Å². The normalized spacial score (nSPS) is 10.3. The van der Waals surface area contributed by atoms with Gasteiger partial charge in [0, 0.05) is 5.39 Å². The first-order valence-electron chi connectivity index (χ1n) is 9.04. The fourth-order valence-corrected chi connectivity index (χ4v) is 1.88. The van der Waals surface area contributed by atoms with Gasteiger partial charge in [-0.3, -0.25) is 4.79 Å². The molecule has 0 saturated carbocycles. The Morgan fingerprint density at radius 1 is 1.33 bits per heavy atom. The van der Waals surface area contributed by atoms with Gasteiger partial charge in [0.15, 0.2) is 6.29 Å². The summed E-state index contributed by atoms with van der Waals surface area (Å²) >= 11 is 5.66. The molecule has 0 amide bonds. The maximum Gasteiger partial charge on any atom is 0.166 e. The standard InChI is InChI=1S/C9H16.C8H5ClN2O.2C2H7N/c1-4-6-7-8-9(3)5-2;9-8-2-5-1-6(4-12)11-7(5)3-10-8;1-3-2;1-2-3/h4-6H,7-8H2,1-3H3;1-4,11H;3H,1-2H3;2-3H2,1H3/b6-4-,9-5-;;;. The first-order chi connectivity index (χ1) is 12.9. The molecule has 0 atom stereocenters. The summed E-state index contributed by atoms with van der Waals surface area (Å²) in [6.07, 6.45) is 11.2. The number of aldehydes is 1. The number of fused-ring (bicyclic) bond motifs is 1. The molecule has 0 spiro atoms. The van der Waals surface area contributed by atoms with E-state index in [0.717, 1.165) is 23.7 Å². The molecule has 0 aliphatic carbocycles. The molecule has 2 aromatic rings. The molecule has 5 nitrogen and oxygen atoms in total. The Bertz CT molecular complexity index is 676. The molecule has 0 aromatic carbocycles. The minimum atomic E-state index is 0.430. The fraction of sp³-hybridized carbons (Fsp3) is 0.429. The zero-order valence-corrected chi connectivity index (χ0v) is 18.2. The molecular weight excluding hydrogens is 360 g/mol. The number of aromatic nitrogens is 2. The number of aromatic amines is 1. The molecule has 4 N–H and O–H groups in total. The number of hydrogen-bond donors (Lipinski definition) is 3. The fourth-order valence-electron chi connectivity index (χ4n) is 1.71. The summed E-state index contributed by atoms with van der Waals surface area (Å²) in [4.78, 5) is 17.1. The summed E-state index contributed by atoms with van der Waals surface area (Å²) in [5.74, 6) is 0. The van der Waals surface area contributed by atoms with Crippen LogP contribution < -0.4 is 11.1 Å². The Morgan fingerprint density at radius 2 is 1.93 bits per heavy atom. The van der Waals surface area contributed by atoms with Gasteiger partial charge in [0.25, 0.3) is 0 Å². The van der Waals surface area contributed by atoms with E-state index in [1.165, 1.54) is 18.4 Å². The van der Waals surface area contributed by atoms with Crippen LogP contribution in [0, 0.1) is 0 Å². The second kappa shape index (κ2) is 18.8. The van der Waals surface area contributed by atoms with Crippen molar-refractivity contribution >= 4 is 28.8 Å². The number of pyridine rings is 1. The smallest absolute Gasteiger partial charge is 0.166 e. The van der Waals surface area contributed by atoms with Gasteiger partial charge < -0.3 is 16.0 Å². The van der Waals surface area contributed by atoms with Crippen LogP contribution >= 0.6 is 11.6 Å². The predicted molar refractivity (Wildman–Crippen MR) is 120 cm³/mol. The largest absolute Gasteiger partial charge is 0.351 e. The van der Waals surface area contributed by atoms with Gasteiger partial charge in [0.2, 0.25) is 0 Å². The van der Waals surface area contributed by atoms with E-state index < -0.39 is 0 Å². The minimum Gasteiger partial charge on any atom is -0.351 e. The van der Waals surface area contributed by atoms with Gasteiger partial charge in [0.1, 0.15) is 5.15 Å². The van der Waals surface area contributed by atoms with Crippen LogP contribution in [0.3, 0.4) is 0 Å². The van der Waals surface area contributed by atoms with E-state index >= 15 is 0 Å². The monoisotopic (exact) mass is 394 g/mol. The molecular formula is C21H35ClN4O. The van der Waals surface area contributed by atoms with Crippen LogP contribution in [0.5, 0.6) is 0 Å². The molecule has 0 aliphatic heterocycles. The zero-order chi connectivity index (χ0) is 21.1. The molecule has 0 radical (unpaired) electrons. The van der Waals surface area contributed by atoms with E-state index in [0.29, 0.717) is 10.8 Å². The van der Waals surface area contributed by atoms with E-state index in [1.54, 1.807) is 18.3 Å². The Hall–Kier alpha value is -1.95. The topological polar surface area (TPSA) is 83.8 Å². The number of nitrogens with zero attached hydrogens (tertiary/aromatic N) is 1. The highest BCUT2D eigenvalue weighted by Gasteiger charge is 1.99. The third-order valence-electron chi connectivity index (χ3n) is 3.05. The molecule has 0 unspecified atom stereocenters. The van der Waals surface area contributed by atoms with Gasteiger partial charge in [0.05, 0.1) is 17.4 Å². The van der Waals surface area contributed by atoms with Crippen LogP contribution in [0.15, 0.2) is 42.1 Å². The van der Waals surface area contributed by atoms with Gasteiger partial charge in [-0.1, -0.05) is 42.3 Å². The van der Waals surface area contributed by atoms with Crippen LogP contribution in [0.25, 0.3) is 10.9 Å². The molecule has 0 fully saturated rings. The number of rotatable bonds is 4. The Balaban J connectivity index is 0. The maximum absolute atomic E-state index is 10.4. The number of allylic oxidation sites excluding steroid dienone is 4. The second-order valence-electron chi connectivity index (χ2n) is 5.59. The summed E-state index contributed by atoms with van der Waals surface area (Å²) in [5, 5.41) is 4.08. The third kappa shape index (κ3) is 14.9. The van der Waals surface area contributed by atoms with Crippen LogP contribution in [0.2, 0.25) is 5.15 Å². The molecule has 2 aromatic heterocycles. The van der Waals surface area contributed by atoms with Crippen molar-refractivity contribution in [2.24, 2.45) is 5.73 Å². The number of carbonyl (C=O) groups excluding carboxylic acids is 1. The number of H-pyrrole nitrogens is 1. The molecule has 0 saturated heterocycles. The summed E-state index contributed by atoms with van der Waals surface area (Å²) in [6, 6.07) is 3.44. The van der Waals surface area contributed by atoms with E-state index in [-0.39, 0.29) is 0 Å². The number of carbonyl (C=O) groups is 1. The molecule has 0 aliphatic rings. The number of halogens is 1. The van der Waals surface area contributed by atoms with Crippen LogP contribution in [0.1, 0.15) is 51.0 Å². The molecule has 2 heterocycles. The summed E-state index contributed by atoms with van der Waals surface area (Å²) in [7, 11) is 3.75. The molecule has 27 heavy (non-hydrogen) atoms.